The fourth-order valence-corrected chi connectivity index (χ4v) is 3.40. The van der Waals surface area contributed by atoms with Crippen LogP contribution in [-0.2, 0) is 11.3 Å². The molecule has 2 fully saturated rings. The largest absolute Gasteiger partial charge is 0.395 e. The number of aromatic nitrogens is 2. The number of ether oxygens (including phenoxy) is 1. The Morgan fingerprint density at radius 2 is 2.33 bits per heavy atom. The van der Waals surface area contributed by atoms with E-state index in [2.05, 4.69) is 14.5 Å². The smallest absolute Gasteiger partial charge is 0.0946 e. The van der Waals surface area contributed by atoms with E-state index in [1.54, 1.807) is 0 Å². The molecule has 1 aliphatic carbocycles. The molecule has 100 valence electrons. The molecular formula is C13H21N3O2. The van der Waals surface area contributed by atoms with Gasteiger partial charge in [0.05, 0.1) is 25.6 Å². The van der Waals surface area contributed by atoms with Crippen LogP contribution in [0, 0.1) is 5.92 Å². The third-order valence-corrected chi connectivity index (χ3v) is 4.23. The lowest BCUT2D eigenvalue weighted by atomic mass is 10.0. The molecular weight excluding hydrogens is 230 g/mol. The summed E-state index contributed by atoms with van der Waals surface area (Å²) in [5.41, 5.74) is 0. The lowest BCUT2D eigenvalue weighted by molar-refractivity contribution is -0.0785. The van der Waals surface area contributed by atoms with Crippen molar-refractivity contribution < 1.29 is 9.84 Å². The van der Waals surface area contributed by atoms with Crippen LogP contribution >= 0.6 is 0 Å². The number of rotatable bonds is 4. The molecule has 1 saturated carbocycles. The number of morpholine rings is 1. The summed E-state index contributed by atoms with van der Waals surface area (Å²) in [5.74, 6) is 0.575. The molecule has 1 aromatic rings. The van der Waals surface area contributed by atoms with Gasteiger partial charge in [0.15, 0.2) is 0 Å². The normalized spacial score (nSPS) is 32.6. The maximum Gasteiger partial charge on any atom is 0.0946 e. The van der Waals surface area contributed by atoms with Crippen LogP contribution in [0.15, 0.2) is 18.7 Å². The average Bonchev–Trinajstić information content (AvgIpc) is 3.01. The number of hydrogen-bond donors (Lipinski definition) is 1. The van der Waals surface area contributed by atoms with Crippen molar-refractivity contribution in [1.29, 1.82) is 0 Å². The summed E-state index contributed by atoms with van der Waals surface area (Å²) in [6, 6.07) is 0.499. The molecule has 0 amide bonds. The summed E-state index contributed by atoms with van der Waals surface area (Å²) >= 11 is 0. The lowest BCUT2D eigenvalue weighted by Gasteiger charge is -2.39. The van der Waals surface area contributed by atoms with Gasteiger partial charge in [-0.15, -0.1) is 0 Å². The molecule has 5 nitrogen and oxygen atoms in total. The molecule has 0 aromatic carbocycles. The second kappa shape index (κ2) is 5.38. The first kappa shape index (κ1) is 12.1. The van der Waals surface area contributed by atoms with Crippen LogP contribution in [0.3, 0.4) is 0 Å². The molecule has 2 aliphatic rings. The molecule has 1 aliphatic heterocycles. The van der Waals surface area contributed by atoms with E-state index in [4.69, 9.17) is 9.84 Å². The Labute approximate surface area is 107 Å². The Morgan fingerprint density at radius 3 is 3.11 bits per heavy atom. The highest BCUT2D eigenvalue weighted by Gasteiger charge is 2.42. The fourth-order valence-electron chi connectivity index (χ4n) is 3.40. The first-order valence-corrected chi connectivity index (χ1v) is 6.81. The van der Waals surface area contributed by atoms with Crippen molar-refractivity contribution in [3.05, 3.63) is 18.7 Å². The first-order chi connectivity index (χ1) is 8.88. The van der Waals surface area contributed by atoms with Gasteiger partial charge in [-0.05, 0) is 12.8 Å². The van der Waals surface area contributed by atoms with Gasteiger partial charge in [-0.25, -0.2) is 4.98 Å². The predicted octanol–water partition coefficient (Wildman–Crippen LogP) is 0.355. The van der Waals surface area contributed by atoms with Crippen molar-refractivity contribution in [1.82, 2.24) is 14.5 Å². The van der Waals surface area contributed by atoms with E-state index in [9.17, 15) is 0 Å². The molecule has 3 unspecified atom stereocenters. The van der Waals surface area contributed by atoms with Crippen molar-refractivity contribution >= 4 is 0 Å². The SMILES string of the molecule is OCCN1CCOC2C(Cn3ccnc3)CCC21. The van der Waals surface area contributed by atoms with Crippen molar-refractivity contribution in [3.8, 4) is 0 Å². The summed E-state index contributed by atoms with van der Waals surface area (Å²) in [6.45, 7) is 3.77. The van der Waals surface area contributed by atoms with Crippen LogP contribution in [0.25, 0.3) is 0 Å². The molecule has 18 heavy (non-hydrogen) atoms. The van der Waals surface area contributed by atoms with Crippen molar-refractivity contribution in [2.24, 2.45) is 5.92 Å². The number of nitrogens with zero attached hydrogens (tertiary/aromatic N) is 3. The lowest BCUT2D eigenvalue weighted by Crippen LogP contribution is -2.51. The topological polar surface area (TPSA) is 50.5 Å². The van der Waals surface area contributed by atoms with Crippen LogP contribution in [0.2, 0.25) is 0 Å². The zero-order valence-electron chi connectivity index (χ0n) is 10.6. The standard InChI is InChI=1S/C13H21N3O2/c17-7-5-16-6-8-18-13-11(1-2-12(13)16)9-15-4-3-14-10-15/h3-4,10-13,17H,1-2,5-9H2. The molecule has 1 aromatic heterocycles. The predicted molar refractivity (Wildman–Crippen MR) is 67.1 cm³/mol. The zero-order chi connectivity index (χ0) is 12.4. The minimum absolute atomic E-state index is 0.245. The summed E-state index contributed by atoms with van der Waals surface area (Å²) in [7, 11) is 0. The summed E-state index contributed by atoms with van der Waals surface area (Å²) < 4.78 is 8.12. The number of aliphatic hydroxyl groups is 1. The van der Waals surface area contributed by atoms with Gasteiger partial charge in [0.25, 0.3) is 0 Å². The van der Waals surface area contributed by atoms with E-state index in [0.717, 1.165) is 26.2 Å². The second-order valence-electron chi connectivity index (χ2n) is 5.26. The van der Waals surface area contributed by atoms with Gasteiger partial charge in [0.2, 0.25) is 0 Å². The van der Waals surface area contributed by atoms with Crippen LogP contribution in [0.5, 0.6) is 0 Å². The van der Waals surface area contributed by atoms with Crippen LogP contribution in [0.4, 0.5) is 0 Å². The molecule has 3 rings (SSSR count). The van der Waals surface area contributed by atoms with Gasteiger partial charge in [-0.2, -0.15) is 0 Å². The van der Waals surface area contributed by atoms with Crippen LogP contribution in [0.1, 0.15) is 12.8 Å². The number of fused-ring (bicyclic) bond motifs is 1. The van der Waals surface area contributed by atoms with Gasteiger partial charge in [-0.3, -0.25) is 4.90 Å². The third kappa shape index (κ3) is 2.30. The Bertz CT molecular complexity index is 366. The Morgan fingerprint density at radius 1 is 1.39 bits per heavy atom. The van der Waals surface area contributed by atoms with E-state index >= 15 is 0 Å². The summed E-state index contributed by atoms with van der Waals surface area (Å²) in [4.78, 5) is 6.48. The Balaban J connectivity index is 1.65. The first-order valence-electron chi connectivity index (χ1n) is 6.81. The molecule has 0 radical (unpaired) electrons. The van der Waals surface area contributed by atoms with E-state index in [1.165, 1.54) is 12.8 Å². The van der Waals surface area contributed by atoms with E-state index < -0.39 is 0 Å². The van der Waals surface area contributed by atoms with E-state index in [-0.39, 0.29) is 6.61 Å². The number of β-amino-alcohol motifs (C(OH)–C–C–N with tert-alkyl or cyclic N) is 1. The Kier molecular flexibility index (Phi) is 3.63. The van der Waals surface area contributed by atoms with Crippen molar-refractivity contribution in [2.75, 3.05) is 26.3 Å². The molecule has 3 atom stereocenters. The quantitative estimate of drug-likeness (QED) is 0.839. The minimum Gasteiger partial charge on any atom is -0.395 e. The fraction of sp³-hybridized carbons (Fsp3) is 0.769. The van der Waals surface area contributed by atoms with Crippen molar-refractivity contribution in [3.63, 3.8) is 0 Å². The third-order valence-electron chi connectivity index (χ3n) is 4.23. The number of aliphatic hydroxyl groups excluding tert-OH is 1. The highest BCUT2D eigenvalue weighted by Crippen LogP contribution is 2.35. The molecule has 2 heterocycles. The average molecular weight is 251 g/mol. The molecule has 5 heteroatoms. The van der Waals surface area contributed by atoms with Crippen LogP contribution in [-0.4, -0.2) is 58.0 Å². The summed E-state index contributed by atoms with van der Waals surface area (Å²) in [6.07, 6.45) is 8.43. The molecule has 1 saturated heterocycles. The minimum atomic E-state index is 0.245. The number of hydrogen-bond acceptors (Lipinski definition) is 4. The van der Waals surface area contributed by atoms with Crippen LogP contribution < -0.4 is 0 Å². The molecule has 0 spiro atoms. The molecule has 0 bridgehead atoms. The maximum atomic E-state index is 9.12. The van der Waals surface area contributed by atoms with Gasteiger partial charge >= 0.3 is 0 Å². The van der Waals surface area contributed by atoms with Gasteiger partial charge in [0.1, 0.15) is 0 Å². The Hall–Kier alpha value is -0.910. The van der Waals surface area contributed by atoms with E-state index in [1.807, 2.05) is 18.7 Å². The zero-order valence-corrected chi connectivity index (χ0v) is 10.6. The highest BCUT2D eigenvalue weighted by molar-refractivity contribution is 4.95. The molecule has 1 N–H and O–H groups in total. The summed E-state index contributed by atoms with van der Waals surface area (Å²) in [5, 5.41) is 9.12. The van der Waals surface area contributed by atoms with E-state index in [0.29, 0.717) is 18.1 Å². The van der Waals surface area contributed by atoms with Gasteiger partial charge < -0.3 is 14.4 Å². The van der Waals surface area contributed by atoms with Crippen molar-refractivity contribution in [2.45, 2.75) is 31.5 Å². The van der Waals surface area contributed by atoms with Gasteiger partial charge in [-0.1, -0.05) is 0 Å². The highest BCUT2D eigenvalue weighted by atomic mass is 16.5. The number of imidazole rings is 1. The monoisotopic (exact) mass is 251 g/mol. The van der Waals surface area contributed by atoms with Gasteiger partial charge in [0, 0.05) is 44.0 Å². The second-order valence-corrected chi connectivity index (χ2v) is 5.26. The maximum absolute atomic E-state index is 9.12.